The van der Waals surface area contributed by atoms with Crippen LogP contribution in [0.4, 0.5) is 0 Å². The monoisotopic (exact) mass is 388 g/mol. The smallest absolute Gasteiger partial charge is 0.218 e. The lowest BCUT2D eigenvalue weighted by Gasteiger charge is -2.45. The first kappa shape index (κ1) is 21.1. The summed E-state index contributed by atoms with van der Waals surface area (Å²) in [5.74, 6) is 0. The fraction of sp³-hybridized carbons (Fsp3) is 0.346. The molecule has 3 heteroatoms. The summed E-state index contributed by atoms with van der Waals surface area (Å²) in [6.07, 6.45) is 5.80. The van der Waals surface area contributed by atoms with Gasteiger partial charge in [-0.1, -0.05) is 37.3 Å². The first-order valence-electron chi connectivity index (χ1n) is 10.2. The van der Waals surface area contributed by atoms with E-state index in [0.717, 1.165) is 23.5 Å². The third-order valence-corrected chi connectivity index (χ3v) is 6.70. The molecule has 152 valence electrons. The topological polar surface area (TPSA) is 33.1 Å². The summed E-state index contributed by atoms with van der Waals surface area (Å²) in [6, 6.07) is 14.9. The van der Waals surface area contributed by atoms with Crippen molar-refractivity contribution in [3.05, 3.63) is 84.7 Å². The number of benzene rings is 1. The Hall–Kier alpha value is -2.65. The third-order valence-electron chi connectivity index (χ3n) is 6.70. The Labute approximate surface area is 175 Å². The number of allylic oxidation sites excluding steroid dienone is 1. The Balaban J connectivity index is 2.25. The van der Waals surface area contributed by atoms with Gasteiger partial charge in [0.05, 0.1) is 6.42 Å². The normalized spacial score (nSPS) is 24.6. The molecule has 0 saturated carbocycles. The molecule has 0 fully saturated rings. The predicted molar refractivity (Wildman–Crippen MR) is 123 cm³/mol. The van der Waals surface area contributed by atoms with Gasteiger partial charge in [0.25, 0.3) is 0 Å². The van der Waals surface area contributed by atoms with Crippen LogP contribution in [-0.4, -0.2) is 24.5 Å². The minimum absolute atomic E-state index is 0.270. The van der Waals surface area contributed by atoms with Crippen molar-refractivity contribution in [2.24, 2.45) is 11.1 Å². The van der Waals surface area contributed by atoms with E-state index in [9.17, 15) is 0 Å². The molecular weight excluding hydrogens is 354 g/mol. The number of rotatable bonds is 3. The summed E-state index contributed by atoms with van der Waals surface area (Å²) in [6.45, 7) is 15.3. The minimum Gasteiger partial charge on any atom is -0.378 e. The number of aromatic nitrogens is 1. The number of fused-ring (bicyclic) bond motifs is 3. The lowest BCUT2D eigenvalue weighted by molar-refractivity contribution is -0.571. The standard InChI is InChI=1S/C26H34N3/c1-19(16-20(2)28(6)7)25(4)18-22-12-8-9-13-23(22)24-14-10-11-15-29(24)21(3)17-26(25,5)27/h8-16H,2-3,17-18,27H2,1,4-7H3/q+1/b19-16+. The highest BCUT2D eigenvalue weighted by Gasteiger charge is 2.46. The van der Waals surface area contributed by atoms with Gasteiger partial charge in [0.1, 0.15) is 0 Å². The molecule has 0 spiro atoms. The lowest BCUT2D eigenvalue weighted by atomic mass is 9.62. The van der Waals surface area contributed by atoms with Crippen molar-refractivity contribution in [1.82, 2.24) is 4.90 Å². The first-order chi connectivity index (χ1) is 13.6. The summed E-state index contributed by atoms with van der Waals surface area (Å²) < 4.78 is 2.19. The van der Waals surface area contributed by atoms with Crippen LogP contribution in [0.1, 0.15) is 32.8 Å². The number of hydrogen-bond donors (Lipinski definition) is 1. The Bertz CT molecular complexity index is 981. The molecule has 0 saturated heterocycles. The van der Waals surface area contributed by atoms with E-state index in [4.69, 9.17) is 5.73 Å². The molecule has 1 aliphatic heterocycles. The summed E-state index contributed by atoms with van der Waals surface area (Å²) in [4.78, 5) is 2.04. The van der Waals surface area contributed by atoms with Crippen LogP contribution < -0.4 is 10.3 Å². The zero-order valence-corrected chi connectivity index (χ0v) is 18.5. The van der Waals surface area contributed by atoms with Gasteiger partial charge in [-0.15, -0.1) is 0 Å². The van der Waals surface area contributed by atoms with E-state index in [-0.39, 0.29) is 5.41 Å². The Morgan fingerprint density at radius 3 is 2.45 bits per heavy atom. The molecular formula is C26H34N3+. The average Bonchev–Trinajstić information content (AvgIpc) is 2.69. The Morgan fingerprint density at radius 2 is 1.76 bits per heavy atom. The van der Waals surface area contributed by atoms with Crippen LogP contribution in [0.2, 0.25) is 0 Å². The molecule has 3 rings (SSSR count). The molecule has 1 aliphatic rings. The van der Waals surface area contributed by atoms with Crippen LogP contribution in [0.15, 0.2) is 79.2 Å². The summed E-state index contributed by atoms with van der Waals surface area (Å²) in [5, 5.41) is 0. The zero-order chi connectivity index (χ0) is 21.4. The summed E-state index contributed by atoms with van der Waals surface area (Å²) >= 11 is 0. The van der Waals surface area contributed by atoms with E-state index in [1.165, 1.54) is 16.7 Å². The fourth-order valence-corrected chi connectivity index (χ4v) is 4.28. The molecule has 2 atom stereocenters. The molecule has 1 aromatic carbocycles. The first-order valence-corrected chi connectivity index (χ1v) is 10.2. The van der Waals surface area contributed by atoms with Crippen molar-refractivity contribution in [1.29, 1.82) is 0 Å². The van der Waals surface area contributed by atoms with Crippen molar-refractivity contribution in [3.8, 4) is 11.3 Å². The minimum atomic E-state index is -0.491. The second kappa shape index (κ2) is 7.64. The van der Waals surface area contributed by atoms with Gasteiger partial charge in [0.15, 0.2) is 11.9 Å². The molecule has 0 bridgehead atoms. The molecule has 2 N–H and O–H groups in total. The van der Waals surface area contributed by atoms with Crippen LogP contribution in [0.25, 0.3) is 17.0 Å². The van der Waals surface area contributed by atoms with E-state index in [0.29, 0.717) is 6.42 Å². The summed E-state index contributed by atoms with van der Waals surface area (Å²) in [7, 11) is 4.04. The maximum atomic E-state index is 7.09. The fourth-order valence-electron chi connectivity index (χ4n) is 4.28. The second-order valence-corrected chi connectivity index (χ2v) is 9.00. The second-order valence-electron chi connectivity index (χ2n) is 9.00. The maximum absolute atomic E-state index is 7.09. The van der Waals surface area contributed by atoms with E-state index in [1.807, 2.05) is 19.0 Å². The number of hydrogen-bond acceptors (Lipinski definition) is 2. The highest BCUT2D eigenvalue weighted by atomic mass is 15.1. The van der Waals surface area contributed by atoms with Gasteiger partial charge in [-0.05, 0) is 50.6 Å². The zero-order valence-electron chi connectivity index (χ0n) is 18.5. The Morgan fingerprint density at radius 1 is 1.10 bits per heavy atom. The van der Waals surface area contributed by atoms with Crippen LogP contribution in [0, 0.1) is 5.41 Å². The molecule has 1 aromatic heterocycles. The third kappa shape index (κ3) is 3.79. The van der Waals surface area contributed by atoms with Gasteiger partial charge >= 0.3 is 0 Å². The van der Waals surface area contributed by atoms with Gasteiger partial charge in [0.2, 0.25) is 5.69 Å². The predicted octanol–water partition coefficient (Wildman–Crippen LogP) is 4.80. The molecule has 2 heterocycles. The van der Waals surface area contributed by atoms with Crippen molar-refractivity contribution < 1.29 is 4.57 Å². The lowest BCUT2D eigenvalue weighted by Crippen LogP contribution is -2.55. The van der Waals surface area contributed by atoms with E-state index < -0.39 is 5.54 Å². The van der Waals surface area contributed by atoms with Crippen molar-refractivity contribution in [3.63, 3.8) is 0 Å². The highest BCUT2D eigenvalue weighted by molar-refractivity contribution is 5.63. The van der Waals surface area contributed by atoms with Crippen molar-refractivity contribution in [2.45, 2.75) is 39.2 Å². The number of nitrogens with two attached hydrogens (primary N) is 1. The molecule has 2 unspecified atom stereocenters. The quantitative estimate of drug-likeness (QED) is 0.605. The largest absolute Gasteiger partial charge is 0.378 e. The Kier molecular flexibility index (Phi) is 5.55. The van der Waals surface area contributed by atoms with Gasteiger partial charge in [-0.25, -0.2) is 0 Å². The van der Waals surface area contributed by atoms with Crippen LogP contribution in [-0.2, 0) is 6.42 Å². The van der Waals surface area contributed by atoms with Crippen molar-refractivity contribution >= 4 is 5.70 Å². The van der Waals surface area contributed by atoms with Crippen LogP contribution >= 0.6 is 0 Å². The molecule has 0 aliphatic carbocycles. The molecule has 29 heavy (non-hydrogen) atoms. The summed E-state index contributed by atoms with van der Waals surface area (Å²) in [5.41, 5.74) is 13.2. The van der Waals surface area contributed by atoms with E-state index in [1.54, 1.807) is 0 Å². The molecule has 0 radical (unpaired) electrons. The van der Waals surface area contributed by atoms with Gasteiger partial charge < -0.3 is 10.6 Å². The molecule has 3 nitrogen and oxygen atoms in total. The van der Waals surface area contributed by atoms with Gasteiger partial charge in [0, 0.05) is 48.4 Å². The maximum Gasteiger partial charge on any atom is 0.218 e. The van der Waals surface area contributed by atoms with E-state index >= 15 is 0 Å². The van der Waals surface area contributed by atoms with Crippen LogP contribution in [0.5, 0.6) is 0 Å². The SMILES string of the molecule is C=C(/C=C(\C)C1(C)Cc2ccccc2-c2cccc[n+]2C(=C)CC1(C)N)N(C)C. The molecule has 0 amide bonds. The van der Waals surface area contributed by atoms with Gasteiger partial charge in [-0.2, -0.15) is 4.57 Å². The van der Waals surface area contributed by atoms with Gasteiger partial charge in [-0.3, -0.25) is 0 Å². The van der Waals surface area contributed by atoms with Crippen molar-refractivity contribution in [2.75, 3.05) is 14.1 Å². The number of nitrogens with zero attached hydrogens (tertiary/aromatic N) is 2. The number of pyridine rings is 1. The average molecular weight is 389 g/mol. The number of likely N-dealkylation sites (N-methyl/N-ethyl adjacent to an activating group) is 1. The highest BCUT2D eigenvalue weighted by Crippen LogP contribution is 2.45. The molecule has 2 aromatic rings. The van der Waals surface area contributed by atoms with E-state index in [2.05, 4.69) is 93.2 Å². The van der Waals surface area contributed by atoms with Crippen LogP contribution in [0.3, 0.4) is 0 Å².